The number of aromatic hydroxyl groups is 1. The maximum absolute atomic E-state index is 13.8. The minimum atomic E-state index is -0.396. The molecule has 1 aromatic heterocycles. The molecule has 0 aliphatic carbocycles. The van der Waals surface area contributed by atoms with Crippen molar-refractivity contribution in [2.24, 2.45) is 0 Å². The summed E-state index contributed by atoms with van der Waals surface area (Å²) in [6.07, 6.45) is 0. The maximum atomic E-state index is 13.8. The predicted octanol–water partition coefficient (Wildman–Crippen LogP) is 4.03. The Bertz CT molecular complexity index is 1020. The lowest BCUT2D eigenvalue weighted by molar-refractivity contribution is 0.373. The number of nitrogens with zero attached hydrogens (tertiary/aromatic N) is 2. The van der Waals surface area contributed by atoms with Crippen molar-refractivity contribution in [3.63, 3.8) is 0 Å². The normalized spacial score (nSPS) is 10.4. The van der Waals surface area contributed by atoms with E-state index in [1.165, 1.54) is 25.3 Å². The van der Waals surface area contributed by atoms with Crippen LogP contribution in [-0.4, -0.2) is 17.2 Å². The molecule has 0 amide bonds. The van der Waals surface area contributed by atoms with E-state index in [9.17, 15) is 14.8 Å². The highest BCUT2D eigenvalue weighted by molar-refractivity contribution is 5.80. The fourth-order valence-electron chi connectivity index (χ4n) is 2.79. The topological polar surface area (TPSA) is 92.2 Å². The summed E-state index contributed by atoms with van der Waals surface area (Å²) in [7, 11) is 1.44. The molecule has 0 radical (unpaired) electrons. The number of nitrogens with two attached hydrogens (primary N) is 1. The Morgan fingerprint density at radius 2 is 1.92 bits per heavy atom. The van der Waals surface area contributed by atoms with Gasteiger partial charge in [0.05, 0.1) is 12.8 Å². The molecule has 130 valence electrons. The number of nitrogen functional groups attached to an aromatic ring is 1. The highest BCUT2D eigenvalue weighted by atomic mass is 19.1. The third kappa shape index (κ3) is 3.15. The number of methoxy groups -OCH3 is 1. The summed E-state index contributed by atoms with van der Waals surface area (Å²) in [5, 5.41) is 19.2. The number of anilines is 1. The molecule has 3 N–H and O–H groups in total. The highest BCUT2D eigenvalue weighted by Gasteiger charge is 2.15. The smallest absolute Gasteiger partial charge is 0.161 e. The van der Waals surface area contributed by atoms with E-state index in [2.05, 4.69) is 4.98 Å². The molecule has 1 heterocycles. The van der Waals surface area contributed by atoms with E-state index < -0.39 is 5.82 Å². The van der Waals surface area contributed by atoms with Gasteiger partial charge in [-0.25, -0.2) is 9.37 Å². The number of phenols is 1. The van der Waals surface area contributed by atoms with Crippen molar-refractivity contribution in [1.82, 2.24) is 4.98 Å². The summed E-state index contributed by atoms with van der Waals surface area (Å²) >= 11 is 0. The van der Waals surface area contributed by atoms with Gasteiger partial charge in [-0.15, -0.1) is 0 Å². The quantitative estimate of drug-likeness (QED) is 0.745. The molecule has 0 aliphatic heterocycles. The van der Waals surface area contributed by atoms with Gasteiger partial charge in [-0.05, 0) is 54.4 Å². The standard InChI is InChI=1S/C20H16FN3O2/c1-11-5-13(7-14(21)6-11)15-9-17(24-20(23)16(15)10-22)12-3-4-18(25)19(8-12)26-2/h3-9,25H,1-2H3,(H2,23,24). The van der Waals surface area contributed by atoms with Gasteiger partial charge < -0.3 is 15.6 Å². The Morgan fingerprint density at radius 3 is 2.58 bits per heavy atom. The maximum Gasteiger partial charge on any atom is 0.161 e. The van der Waals surface area contributed by atoms with Crippen molar-refractivity contribution in [2.45, 2.75) is 6.92 Å². The Morgan fingerprint density at radius 1 is 1.15 bits per heavy atom. The van der Waals surface area contributed by atoms with Gasteiger partial charge in [-0.2, -0.15) is 5.26 Å². The van der Waals surface area contributed by atoms with Crippen LogP contribution in [0.5, 0.6) is 11.5 Å². The van der Waals surface area contributed by atoms with E-state index in [1.807, 2.05) is 6.07 Å². The minimum absolute atomic E-state index is 0.00107. The first kappa shape index (κ1) is 17.2. The number of aromatic nitrogens is 1. The van der Waals surface area contributed by atoms with Crippen LogP contribution >= 0.6 is 0 Å². The van der Waals surface area contributed by atoms with Crippen molar-refractivity contribution in [3.8, 4) is 40.0 Å². The number of ether oxygens (including phenoxy) is 1. The molecule has 3 aromatic rings. The molecular weight excluding hydrogens is 333 g/mol. The van der Waals surface area contributed by atoms with Gasteiger partial charge in [0.15, 0.2) is 11.5 Å². The number of hydrogen-bond acceptors (Lipinski definition) is 5. The summed E-state index contributed by atoms with van der Waals surface area (Å²) < 4.78 is 19.0. The van der Waals surface area contributed by atoms with Gasteiger partial charge in [-0.3, -0.25) is 0 Å². The molecule has 2 aromatic carbocycles. The molecule has 0 saturated heterocycles. The van der Waals surface area contributed by atoms with Crippen molar-refractivity contribution >= 4 is 5.82 Å². The SMILES string of the molecule is COc1cc(-c2cc(-c3cc(C)cc(F)c3)c(C#N)c(N)n2)ccc1O. The van der Waals surface area contributed by atoms with Crippen molar-refractivity contribution in [2.75, 3.05) is 12.8 Å². The number of pyridine rings is 1. The predicted molar refractivity (Wildman–Crippen MR) is 97.1 cm³/mol. The third-order valence-corrected chi connectivity index (χ3v) is 3.99. The largest absolute Gasteiger partial charge is 0.504 e. The number of benzene rings is 2. The lowest BCUT2D eigenvalue weighted by Gasteiger charge is -2.12. The van der Waals surface area contributed by atoms with Crippen LogP contribution in [0.4, 0.5) is 10.2 Å². The van der Waals surface area contributed by atoms with Gasteiger partial charge in [0.25, 0.3) is 0 Å². The van der Waals surface area contributed by atoms with E-state index in [0.717, 1.165) is 5.56 Å². The Kier molecular flexibility index (Phi) is 4.46. The summed E-state index contributed by atoms with van der Waals surface area (Å²) in [6, 6.07) is 13.0. The number of nitriles is 1. The van der Waals surface area contributed by atoms with E-state index >= 15 is 0 Å². The lowest BCUT2D eigenvalue weighted by atomic mass is 9.97. The van der Waals surface area contributed by atoms with Crippen molar-refractivity contribution in [3.05, 3.63) is 59.4 Å². The molecule has 0 saturated carbocycles. The first-order chi connectivity index (χ1) is 12.4. The van der Waals surface area contributed by atoms with Gasteiger partial charge >= 0.3 is 0 Å². The fraction of sp³-hybridized carbons (Fsp3) is 0.100. The second kappa shape index (κ2) is 6.73. The molecular formula is C20H16FN3O2. The molecule has 5 nitrogen and oxygen atoms in total. The number of rotatable bonds is 3. The molecule has 0 aliphatic rings. The summed E-state index contributed by atoms with van der Waals surface area (Å²) in [5.41, 5.74) is 9.05. The molecule has 0 spiro atoms. The van der Waals surface area contributed by atoms with Crippen LogP contribution in [-0.2, 0) is 0 Å². The van der Waals surface area contributed by atoms with Crippen LogP contribution in [0, 0.1) is 24.1 Å². The molecule has 0 fully saturated rings. The van der Waals surface area contributed by atoms with E-state index in [4.69, 9.17) is 10.5 Å². The molecule has 0 unspecified atom stereocenters. The van der Waals surface area contributed by atoms with E-state index in [1.54, 1.807) is 31.2 Å². The number of aryl methyl sites for hydroxylation is 1. The highest BCUT2D eigenvalue weighted by Crippen LogP contribution is 2.35. The van der Waals surface area contributed by atoms with Gasteiger partial charge in [0.1, 0.15) is 23.3 Å². The zero-order valence-corrected chi connectivity index (χ0v) is 14.2. The Labute approximate surface area is 150 Å². The zero-order chi connectivity index (χ0) is 18.8. The van der Waals surface area contributed by atoms with Crippen LogP contribution in [0.3, 0.4) is 0 Å². The van der Waals surface area contributed by atoms with Crippen LogP contribution in [0.25, 0.3) is 22.4 Å². The Balaban J connectivity index is 2.24. The average molecular weight is 349 g/mol. The zero-order valence-electron chi connectivity index (χ0n) is 14.2. The van der Waals surface area contributed by atoms with E-state index in [-0.39, 0.29) is 22.9 Å². The summed E-state index contributed by atoms with van der Waals surface area (Å²) in [5.74, 6) is -0.0599. The Hall–Kier alpha value is -3.59. The van der Waals surface area contributed by atoms with E-state index in [0.29, 0.717) is 22.4 Å². The molecule has 3 rings (SSSR count). The number of phenolic OH excluding ortho intramolecular Hbond substituents is 1. The second-order valence-electron chi connectivity index (χ2n) is 5.83. The van der Waals surface area contributed by atoms with Crippen molar-refractivity contribution < 1.29 is 14.2 Å². The lowest BCUT2D eigenvalue weighted by Crippen LogP contribution is -2.00. The minimum Gasteiger partial charge on any atom is -0.504 e. The van der Waals surface area contributed by atoms with Crippen molar-refractivity contribution in [1.29, 1.82) is 5.26 Å². The molecule has 6 heteroatoms. The summed E-state index contributed by atoms with van der Waals surface area (Å²) in [6.45, 7) is 1.77. The number of halogens is 1. The van der Waals surface area contributed by atoms with Crippen LogP contribution in [0.1, 0.15) is 11.1 Å². The fourth-order valence-corrected chi connectivity index (χ4v) is 2.79. The third-order valence-electron chi connectivity index (χ3n) is 3.99. The van der Waals surface area contributed by atoms with Crippen LogP contribution in [0.15, 0.2) is 42.5 Å². The van der Waals surface area contributed by atoms with Gasteiger partial charge in [0.2, 0.25) is 0 Å². The second-order valence-corrected chi connectivity index (χ2v) is 5.83. The summed E-state index contributed by atoms with van der Waals surface area (Å²) in [4.78, 5) is 4.27. The van der Waals surface area contributed by atoms with Gasteiger partial charge in [-0.1, -0.05) is 6.07 Å². The van der Waals surface area contributed by atoms with Crippen LogP contribution < -0.4 is 10.5 Å². The molecule has 0 atom stereocenters. The molecule has 26 heavy (non-hydrogen) atoms. The first-order valence-electron chi connectivity index (χ1n) is 7.78. The molecule has 0 bridgehead atoms. The van der Waals surface area contributed by atoms with Gasteiger partial charge in [0, 0.05) is 11.1 Å². The van der Waals surface area contributed by atoms with Crippen LogP contribution in [0.2, 0.25) is 0 Å². The average Bonchev–Trinajstić information content (AvgIpc) is 2.60. The monoisotopic (exact) mass is 349 g/mol. The first-order valence-corrected chi connectivity index (χ1v) is 7.78. The number of hydrogen-bond donors (Lipinski definition) is 2.